The van der Waals surface area contributed by atoms with Crippen LogP contribution in [-0.2, 0) is 0 Å². The summed E-state index contributed by atoms with van der Waals surface area (Å²) in [7, 11) is 0. The molecule has 15 heavy (non-hydrogen) atoms. The van der Waals surface area contributed by atoms with Gasteiger partial charge in [0.15, 0.2) is 0 Å². The fourth-order valence-corrected chi connectivity index (χ4v) is 2.15. The first-order valence-electron chi connectivity index (χ1n) is 5.55. The Balaban J connectivity index is 2.12. The maximum atomic E-state index is 3.46. The molecule has 0 saturated heterocycles. The van der Waals surface area contributed by atoms with E-state index in [0.29, 0.717) is 5.92 Å². The maximum Gasteiger partial charge on any atom is 0.0376 e. The van der Waals surface area contributed by atoms with Crippen molar-refractivity contribution in [1.82, 2.24) is 0 Å². The molecule has 2 rings (SSSR count). The summed E-state index contributed by atoms with van der Waals surface area (Å²) >= 11 is 0. The maximum absolute atomic E-state index is 3.46. The highest BCUT2D eigenvalue weighted by atomic mass is 14.9. The number of nitrogens with one attached hydrogen (secondary N) is 1. The minimum atomic E-state index is 0.653. The number of benzene rings is 1. The number of hydrogen-bond donors (Lipinski definition) is 1. The van der Waals surface area contributed by atoms with E-state index in [2.05, 4.69) is 42.3 Å². The van der Waals surface area contributed by atoms with E-state index in [-0.39, 0.29) is 0 Å². The van der Waals surface area contributed by atoms with Crippen LogP contribution in [0.4, 0.5) is 5.69 Å². The van der Waals surface area contributed by atoms with E-state index in [1.807, 2.05) is 6.92 Å². The van der Waals surface area contributed by atoms with Crippen LogP contribution < -0.4 is 5.32 Å². The van der Waals surface area contributed by atoms with Gasteiger partial charge in [-0.05, 0) is 31.9 Å². The van der Waals surface area contributed by atoms with Crippen molar-refractivity contribution in [3.05, 3.63) is 29.3 Å². The second kappa shape index (κ2) is 4.40. The van der Waals surface area contributed by atoms with E-state index in [1.165, 1.54) is 23.2 Å². The first-order valence-corrected chi connectivity index (χ1v) is 5.55. The second-order valence-electron chi connectivity index (χ2n) is 4.13. The molecule has 1 aliphatic rings. The SMILES string of the molecule is CC#CCCC1CNc2ccc(C)cc21. The third kappa shape index (κ3) is 2.15. The molecule has 0 spiro atoms. The third-order valence-corrected chi connectivity index (χ3v) is 2.98. The predicted molar refractivity (Wildman–Crippen MR) is 65.1 cm³/mol. The molecule has 0 saturated carbocycles. The lowest BCUT2D eigenvalue weighted by atomic mass is 9.95. The van der Waals surface area contributed by atoms with Gasteiger partial charge < -0.3 is 5.32 Å². The molecule has 1 heteroatoms. The van der Waals surface area contributed by atoms with Gasteiger partial charge in [0.25, 0.3) is 0 Å². The van der Waals surface area contributed by atoms with Crippen LogP contribution in [-0.4, -0.2) is 6.54 Å². The van der Waals surface area contributed by atoms with E-state index >= 15 is 0 Å². The van der Waals surface area contributed by atoms with Crippen LogP contribution in [0, 0.1) is 18.8 Å². The molecule has 78 valence electrons. The molecule has 0 aromatic heterocycles. The molecule has 1 aromatic rings. The number of aryl methyl sites for hydroxylation is 1. The normalized spacial score (nSPS) is 17.6. The van der Waals surface area contributed by atoms with Crippen molar-refractivity contribution in [2.75, 3.05) is 11.9 Å². The molecule has 0 bridgehead atoms. The minimum Gasteiger partial charge on any atom is -0.384 e. The summed E-state index contributed by atoms with van der Waals surface area (Å²) in [5, 5.41) is 3.46. The Morgan fingerprint density at radius 3 is 3.13 bits per heavy atom. The van der Waals surface area contributed by atoms with E-state index in [0.717, 1.165) is 13.0 Å². The van der Waals surface area contributed by atoms with Crippen LogP contribution in [0.2, 0.25) is 0 Å². The largest absolute Gasteiger partial charge is 0.384 e. The monoisotopic (exact) mass is 199 g/mol. The lowest BCUT2D eigenvalue weighted by Gasteiger charge is -2.08. The molecule has 1 N–H and O–H groups in total. The summed E-state index contributed by atoms with van der Waals surface area (Å²) in [5.41, 5.74) is 4.15. The van der Waals surface area contributed by atoms with Gasteiger partial charge in [0.05, 0.1) is 0 Å². The number of anilines is 1. The van der Waals surface area contributed by atoms with Gasteiger partial charge in [0, 0.05) is 24.6 Å². The van der Waals surface area contributed by atoms with Crippen molar-refractivity contribution in [2.45, 2.75) is 32.6 Å². The molecule has 1 aliphatic heterocycles. The predicted octanol–water partition coefficient (Wildman–Crippen LogP) is 3.31. The van der Waals surface area contributed by atoms with E-state index in [9.17, 15) is 0 Å². The second-order valence-corrected chi connectivity index (χ2v) is 4.13. The Labute approximate surface area is 91.9 Å². The van der Waals surface area contributed by atoms with Gasteiger partial charge in [-0.25, -0.2) is 0 Å². The van der Waals surface area contributed by atoms with Crippen molar-refractivity contribution in [3.8, 4) is 11.8 Å². The van der Waals surface area contributed by atoms with Crippen molar-refractivity contribution in [3.63, 3.8) is 0 Å². The van der Waals surface area contributed by atoms with Gasteiger partial charge in [-0.2, -0.15) is 0 Å². The number of fused-ring (bicyclic) bond motifs is 1. The smallest absolute Gasteiger partial charge is 0.0376 e. The highest BCUT2D eigenvalue weighted by Gasteiger charge is 2.20. The summed E-state index contributed by atoms with van der Waals surface area (Å²) in [6.45, 7) is 5.14. The quantitative estimate of drug-likeness (QED) is 0.720. The Bertz CT molecular complexity index is 409. The first-order chi connectivity index (χ1) is 7.31. The molecule has 1 atom stereocenters. The molecule has 0 fully saturated rings. The molecule has 0 radical (unpaired) electrons. The summed E-state index contributed by atoms with van der Waals surface area (Å²) in [6, 6.07) is 6.66. The summed E-state index contributed by atoms with van der Waals surface area (Å²) in [5.74, 6) is 6.75. The Morgan fingerprint density at radius 1 is 1.47 bits per heavy atom. The van der Waals surface area contributed by atoms with Crippen LogP contribution in [0.3, 0.4) is 0 Å². The van der Waals surface area contributed by atoms with E-state index < -0.39 is 0 Å². The highest BCUT2D eigenvalue weighted by molar-refractivity contribution is 5.58. The molecule has 1 heterocycles. The molecular formula is C14H17N. The van der Waals surface area contributed by atoms with Gasteiger partial charge in [-0.15, -0.1) is 11.8 Å². The summed E-state index contributed by atoms with van der Waals surface area (Å²) < 4.78 is 0. The zero-order chi connectivity index (χ0) is 10.7. The van der Waals surface area contributed by atoms with Crippen LogP contribution in [0.5, 0.6) is 0 Å². The molecule has 0 aliphatic carbocycles. The molecule has 0 amide bonds. The van der Waals surface area contributed by atoms with Gasteiger partial charge in [0.1, 0.15) is 0 Å². The standard InChI is InChI=1S/C14H17N/c1-3-4-5-6-12-10-15-14-8-7-11(2)9-13(12)14/h7-9,12,15H,5-6,10H2,1-2H3. The fraction of sp³-hybridized carbons (Fsp3) is 0.429. The topological polar surface area (TPSA) is 12.0 Å². The van der Waals surface area contributed by atoms with Gasteiger partial charge in [-0.1, -0.05) is 17.7 Å². The third-order valence-electron chi connectivity index (χ3n) is 2.98. The molecule has 1 aromatic carbocycles. The molecule has 1 unspecified atom stereocenters. The Morgan fingerprint density at radius 2 is 2.33 bits per heavy atom. The van der Waals surface area contributed by atoms with Crippen molar-refractivity contribution in [2.24, 2.45) is 0 Å². The average molecular weight is 199 g/mol. The first kappa shape index (κ1) is 10.1. The van der Waals surface area contributed by atoms with Gasteiger partial charge >= 0.3 is 0 Å². The molecular weight excluding hydrogens is 182 g/mol. The zero-order valence-corrected chi connectivity index (χ0v) is 9.43. The van der Waals surface area contributed by atoms with Crippen LogP contribution in [0.15, 0.2) is 18.2 Å². The van der Waals surface area contributed by atoms with Gasteiger partial charge in [-0.3, -0.25) is 0 Å². The number of rotatable bonds is 2. The lowest BCUT2D eigenvalue weighted by Crippen LogP contribution is -2.01. The van der Waals surface area contributed by atoms with Crippen LogP contribution >= 0.6 is 0 Å². The minimum absolute atomic E-state index is 0.653. The highest BCUT2D eigenvalue weighted by Crippen LogP contribution is 2.34. The van der Waals surface area contributed by atoms with E-state index in [4.69, 9.17) is 0 Å². The van der Waals surface area contributed by atoms with E-state index in [1.54, 1.807) is 0 Å². The van der Waals surface area contributed by atoms with Crippen LogP contribution in [0.25, 0.3) is 0 Å². The van der Waals surface area contributed by atoms with Crippen molar-refractivity contribution >= 4 is 5.69 Å². The zero-order valence-electron chi connectivity index (χ0n) is 9.43. The Hall–Kier alpha value is -1.42. The lowest BCUT2D eigenvalue weighted by molar-refractivity contribution is 0.693. The average Bonchev–Trinajstić information content (AvgIpc) is 2.62. The molecule has 1 nitrogen and oxygen atoms in total. The Kier molecular flexibility index (Phi) is 2.97. The fourth-order valence-electron chi connectivity index (χ4n) is 2.15. The summed E-state index contributed by atoms with van der Waals surface area (Å²) in [6.07, 6.45) is 2.18. The number of hydrogen-bond acceptors (Lipinski definition) is 1. The van der Waals surface area contributed by atoms with Crippen molar-refractivity contribution in [1.29, 1.82) is 0 Å². The van der Waals surface area contributed by atoms with Gasteiger partial charge in [0.2, 0.25) is 0 Å². The van der Waals surface area contributed by atoms with Crippen LogP contribution in [0.1, 0.15) is 36.8 Å². The van der Waals surface area contributed by atoms with Crippen molar-refractivity contribution < 1.29 is 0 Å². The summed E-state index contributed by atoms with van der Waals surface area (Å²) in [4.78, 5) is 0.